The highest BCUT2D eigenvalue weighted by Crippen LogP contribution is 2.47. The van der Waals surface area contributed by atoms with E-state index in [-0.39, 0.29) is 0 Å². The summed E-state index contributed by atoms with van der Waals surface area (Å²) in [5, 5.41) is 0. The first-order valence-electron chi connectivity index (χ1n) is 6.32. The van der Waals surface area contributed by atoms with Crippen LogP contribution < -0.4 is 5.73 Å². The molecule has 0 aromatic heterocycles. The summed E-state index contributed by atoms with van der Waals surface area (Å²) in [6.07, 6.45) is 2.56. The zero-order chi connectivity index (χ0) is 11.2. The first-order chi connectivity index (χ1) is 7.77. The Morgan fingerprint density at radius 1 is 1.25 bits per heavy atom. The average molecular weight is 216 g/mol. The predicted molar refractivity (Wildman–Crippen MR) is 66.2 cm³/mol. The summed E-state index contributed by atoms with van der Waals surface area (Å²) in [6, 6.07) is 7.03. The Labute approximate surface area is 97.4 Å². The van der Waals surface area contributed by atoms with Crippen LogP contribution in [0.1, 0.15) is 36.5 Å². The SMILES string of the molecule is CCN1Cc2ccc(C3(CN)CC3)cc2C1. The molecule has 1 aliphatic carbocycles. The van der Waals surface area contributed by atoms with Crippen LogP contribution in [0.15, 0.2) is 18.2 Å². The van der Waals surface area contributed by atoms with Crippen molar-refractivity contribution in [1.29, 1.82) is 0 Å². The van der Waals surface area contributed by atoms with Crippen molar-refractivity contribution in [3.63, 3.8) is 0 Å². The molecule has 0 radical (unpaired) electrons. The summed E-state index contributed by atoms with van der Waals surface area (Å²) in [7, 11) is 0. The molecule has 1 aliphatic heterocycles. The molecular formula is C14H20N2. The van der Waals surface area contributed by atoms with Gasteiger partial charge in [0, 0.05) is 25.0 Å². The normalized spacial score (nSPS) is 22.1. The maximum atomic E-state index is 5.89. The third-order valence-electron chi connectivity index (χ3n) is 4.30. The van der Waals surface area contributed by atoms with Crippen LogP contribution in [0.3, 0.4) is 0 Å². The highest BCUT2D eigenvalue weighted by atomic mass is 15.1. The van der Waals surface area contributed by atoms with Gasteiger partial charge in [0.25, 0.3) is 0 Å². The molecule has 0 saturated heterocycles. The Hall–Kier alpha value is -0.860. The first-order valence-corrected chi connectivity index (χ1v) is 6.32. The zero-order valence-electron chi connectivity index (χ0n) is 10.00. The van der Waals surface area contributed by atoms with Crippen molar-refractivity contribution >= 4 is 0 Å². The second kappa shape index (κ2) is 3.57. The number of nitrogens with two attached hydrogens (primary N) is 1. The van der Waals surface area contributed by atoms with Crippen LogP contribution >= 0.6 is 0 Å². The quantitative estimate of drug-likeness (QED) is 0.837. The Morgan fingerprint density at radius 3 is 2.62 bits per heavy atom. The molecule has 16 heavy (non-hydrogen) atoms. The van der Waals surface area contributed by atoms with Crippen molar-refractivity contribution in [3.05, 3.63) is 34.9 Å². The highest BCUT2D eigenvalue weighted by Gasteiger charge is 2.43. The lowest BCUT2D eigenvalue weighted by Crippen LogP contribution is -2.19. The summed E-state index contributed by atoms with van der Waals surface area (Å²) in [6.45, 7) is 6.44. The second-order valence-electron chi connectivity index (χ2n) is 5.27. The van der Waals surface area contributed by atoms with Gasteiger partial charge >= 0.3 is 0 Å². The molecule has 1 aromatic carbocycles. The molecule has 0 spiro atoms. The lowest BCUT2D eigenvalue weighted by molar-refractivity contribution is 0.301. The average Bonchev–Trinajstić information content (AvgIpc) is 3.01. The van der Waals surface area contributed by atoms with E-state index < -0.39 is 0 Å². The van der Waals surface area contributed by atoms with Crippen molar-refractivity contribution < 1.29 is 0 Å². The molecule has 2 nitrogen and oxygen atoms in total. The molecule has 1 aromatic rings. The van der Waals surface area contributed by atoms with Gasteiger partial charge in [0.2, 0.25) is 0 Å². The van der Waals surface area contributed by atoms with E-state index in [2.05, 4.69) is 30.0 Å². The Morgan fingerprint density at radius 2 is 2.00 bits per heavy atom. The van der Waals surface area contributed by atoms with Gasteiger partial charge in [-0.15, -0.1) is 0 Å². The molecule has 2 aliphatic rings. The number of nitrogens with zero attached hydrogens (tertiary/aromatic N) is 1. The Balaban J connectivity index is 1.90. The molecule has 2 N–H and O–H groups in total. The van der Waals surface area contributed by atoms with E-state index in [0.717, 1.165) is 26.2 Å². The smallest absolute Gasteiger partial charge is 0.0240 e. The van der Waals surface area contributed by atoms with Crippen LogP contribution in [0.2, 0.25) is 0 Å². The van der Waals surface area contributed by atoms with Crippen molar-refractivity contribution in [2.75, 3.05) is 13.1 Å². The van der Waals surface area contributed by atoms with Gasteiger partial charge in [-0.1, -0.05) is 25.1 Å². The van der Waals surface area contributed by atoms with Crippen molar-refractivity contribution in [2.45, 2.75) is 38.3 Å². The third kappa shape index (κ3) is 1.48. The molecule has 0 bridgehead atoms. The molecule has 0 amide bonds. The fourth-order valence-corrected chi connectivity index (χ4v) is 2.78. The maximum Gasteiger partial charge on any atom is 0.0240 e. The van der Waals surface area contributed by atoms with Gasteiger partial charge in [-0.2, -0.15) is 0 Å². The van der Waals surface area contributed by atoms with Gasteiger partial charge < -0.3 is 5.73 Å². The zero-order valence-corrected chi connectivity index (χ0v) is 10.00. The van der Waals surface area contributed by atoms with E-state index in [1.807, 2.05) is 0 Å². The molecule has 1 heterocycles. The van der Waals surface area contributed by atoms with Crippen LogP contribution in [-0.4, -0.2) is 18.0 Å². The second-order valence-corrected chi connectivity index (χ2v) is 5.27. The third-order valence-corrected chi connectivity index (χ3v) is 4.30. The van der Waals surface area contributed by atoms with E-state index in [1.54, 1.807) is 0 Å². The van der Waals surface area contributed by atoms with Gasteiger partial charge in [0.1, 0.15) is 0 Å². The fourth-order valence-electron chi connectivity index (χ4n) is 2.78. The predicted octanol–water partition coefficient (Wildman–Crippen LogP) is 2.01. The first kappa shape index (κ1) is 10.3. The van der Waals surface area contributed by atoms with Gasteiger partial charge in [-0.3, -0.25) is 4.90 Å². The molecule has 0 atom stereocenters. The number of rotatable bonds is 3. The Bertz CT molecular complexity index is 407. The molecule has 86 valence electrons. The van der Waals surface area contributed by atoms with E-state index >= 15 is 0 Å². The van der Waals surface area contributed by atoms with E-state index in [0.29, 0.717) is 5.41 Å². The minimum Gasteiger partial charge on any atom is -0.330 e. The van der Waals surface area contributed by atoms with Crippen LogP contribution in [-0.2, 0) is 18.5 Å². The van der Waals surface area contributed by atoms with Crippen molar-refractivity contribution in [2.24, 2.45) is 5.73 Å². The van der Waals surface area contributed by atoms with E-state index in [1.165, 1.54) is 29.5 Å². The van der Waals surface area contributed by atoms with Gasteiger partial charge in [-0.05, 0) is 36.1 Å². The maximum absolute atomic E-state index is 5.89. The molecule has 1 fully saturated rings. The highest BCUT2D eigenvalue weighted by molar-refractivity contribution is 5.41. The molecular weight excluding hydrogens is 196 g/mol. The summed E-state index contributed by atoms with van der Waals surface area (Å²) in [4.78, 5) is 2.48. The number of benzene rings is 1. The fraction of sp³-hybridized carbons (Fsp3) is 0.571. The molecule has 0 unspecified atom stereocenters. The van der Waals surface area contributed by atoms with Gasteiger partial charge in [-0.25, -0.2) is 0 Å². The Kier molecular flexibility index (Phi) is 2.30. The lowest BCUT2D eigenvalue weighted by atomic mass is 9.93. The summed E-state index contributed by atoms with van der Waals surface area (Å²) >= 11 is 0. The summed E-state index contributed by atoms with van der Waals surface area (Å²) in [5.74, 6) is 0. The molecule has 3 rings (SSSR count). The number of hydrogen-bond acceptors (Lipinski definition) is 2. The lowest BCUT2D eigenvalue weighted by Gasteiger charge is -2.14. The minimum absolute atomic E-state index is 0.342. The van der Waals surface area contributed by atoms with E-state index in [4.69, 9.17) is 5.73 Å². The summed E-state index contributed by atoms with van der Waals surface area (Å²) in [5.41, 5.74) is 10.7. The van der Waals surface area contributed by atoms with Crippen molar-refractivity contribution in [1.82, 2.24) is 4.90 Å². The van der Waals surface area contributed by atoms with Crippen LogP contribution in [0.4, 0.5) is 0 Å². The standard InChI is InChI=1S/C14H20N2/c1-2-16-8-11-3-4-13(7-12(11)9-16)14(10-15)5-6-14/h3-4,7H,2,5-6,8-10,15H2,1H3. The minimum atomic E-state index is 0.342. The van der Waals surface area contributed by atoms with Crippen molar-refractivity contribution in [3.8, 4) is 0 Å². The molecule has 2 heteroatoms. The van der Waals surface area contributed by atoms with Gasteiger partial charge in [0.05, 0.1) is 0 Å². The largest absolute Gasteiger partial charge is 0.330 e. The topological polar surface area (TPSA) is 29.3 Å². The number of hydrogen-bond donors (Lipinski definition) is 1. The van der Waals surface area contributed by atoms with Gasteiger partial charge in [0.15, 0.2) is 0 Å². The van der Waals surface area contributed by atoms with Crippen LogP contribution in [0.5, 0.6) is 0 Å². The number of fused-ring (bicyclic) bond motifs is 1. The van der Waals surface area contributed by atoms with Crippen LogP contribution in [0.25, 0.3) is 0 Å². The van der Waals surface area contributed by atoms with Crippen LogP contribution in [0, 0.1) is 0 Å². The monoisotopic (exact) mass is 216 g/mol. The molecule has 1 saturated carbocycles. The van der Waals surface area contributed by atoms with E-state index in [9.17, 15) is 0 Å². The summed E-state index contributed by atoms with van der Waals surface area (Å²) < 4.78 is 0.